The molecule has 0 heterocycles. The van der Waals surface area contributed by atoms with E-state index in [1.165, 1.54) is 0 Å². The van der Waals surface area contributed by atoms with E-state index in [4.69, 9.17) is 27.9 Å². The van der Waals surface area contributed by atoms with Crippen LogP contribution in [0.4, 0.5) is 5.69 Å². The van der Waals surface area contributed by atoms with Crippen molar-refractivity contribution >= 4 is 44.8 Å². The summed E-state index contributed by atoms with van der Waals surface area (Å²) in [5, 5.41) is 4.69. The van der Waals surface area contributed by atoms with Gasteiger partial charge in [-0.25, -0.2) is 0 Å². The Morgan fingerprint density at radius 1 is 1.10 bits per heavy atom. The van der Waals surface area contributed by atoms with Gasteiger partial charge in [0.2, 0.25) is 0 Å². The molecular formula is C15H14BrCl2NO. The third-order valence-electron chi connectivity index (χ3n) is 2.96. The minimum Gasteiger partial charge on any atom is -0.495 e. The Morgan fingerprint density at radius 2 is 1.85 bits per heavy atom. The summed E-state index contributed by atoms with van der Waals surface area (Å²) in [6.45, 7) is 2.05. The van der Waals surface area contributed by atoms with Gasteiger partial charge in [-0.05, 0) is 36.8 Å². The molecule has 0 aromatic heterocycles. The monoisotopic (exact) mass is 373 g/mol. The lowest BCUT2D eigenvalue weighted by molar-refractivity contribution is 0.415. The molecule has 1 unspecified atom stereocenters. The molecule has 0 fully saturated rings. The van der Waals surface area contributed by atoms with E-state index in [1.54, 1.807) is 13.2 Å². The molecule has 2 nitrogen and oxygen atoms in total. The summed E-state index contributed by atoms with van der Waals surface area (Å²) in [6.07, 6.45) is 0. The van der Waals surface area contributed by atoms with Gasteiger partial charge in [-0.3, -0.25) is 0 Å². The molecule has 0 saturated carbocycles. The van der Waals surface area contributed by atoms with Crippen molar-refractivity contribution < 1.29 is 4.74 Å². The molecule has 1 N–H and O–H groups in total. The maximum Gasteiger partial charge on any atom is 0.139 e. The minimum absolute atomic E-state index is 0.0708. The number of hydrogen-bond acceptors (Lipinski definition) is 2. The van der Waals surface area contributed by atoms with E-state index in [0.29, 0.717) is 10.8 Å². The Bertz CT molecular complexity index is 619. The van der Waals surface area contributed by atoms with Gasteiger partial charge in [0.05, 0.1) is 12.1 Å². The van der Waals surface area contributed by atoms with E-state index in [0.717, 1.165) is 20.7 Å². The highest BCUT2D eigenvalue weighted by Crippen LogP contribution is 2.31. The first-order chi connectivity index (χ1) is 9.51. The minimum atomic E-state index is 0.0708. The van der Waals surface area contributed by atoms with Crippen LogP contribution >= 0.6 is 39.1 Å². The number of benzene rings is 2. The quantitative estimate of drug-likeness (QED) is 0.715. The van der Waals surface area contributed by atoms with Crippen LogP contribution in [0, 0.1) is 0 Å². The third kappa shape index (κ3) is 3.60. The molecule has 1 atom stereocenters. The number of halogens is 3. The molecule has 106 valence electrons. The van der Waals surface area contributed by atoms with Crippen LogP contribution in [0.3, 0.4) is 0 Å². The summed E-state index contributed by atoms with van der Waals surface area (Å²) >= 11 is 15.7. The van der Waals surface area contributed by atoms with E-state index in [9.17, 15) is 0 Å². The molecule has 0 radical (unpaired) electrons. The Balaban J connectivity index is 2.21. The van der Waals surface area contributed by atoms with Crippen molar-refractivity contribution in [1.29, 1.82) is 0 Å². The molecule has 0 bridgehead atoms. The number of anilines is 1. The van der Waals surface area contributed by atoms with Crippen LogP contribution in [-0.4, -0.2) is 7.11 Å². The molecule has 2 aromatic rings. The highest BCUT2D eigenvalue weighted by Gasteiger charge is 2.11. The van der Waals surface area contributed by atoms with Crippen molar-refractivity contribution in [2.75, 3.05) is 12.4 Å². The van der Waals surface area contributed by atoms with E-state index in [1.807, 2.05) is 30.3 Å². The van der Waals surface area contributed by atoms with Crippen molar-refractivity contribution in [2.24, 2.45) is 0 Å². The number of methoxy groups -OCH3 is 1. The van der Waals surface area contributed by atoms with E-state index in [2.05, 4.69) is 28.2 Å². The van der Waals surface area contributed by atoms with E-state index in [-0.39, 0.29) is 6.04 Å². The largest absolute Gasteiger partial charge is 0.495 e. The van der Waals surface area contributed by atoms with E-state index >= 15 is 0 Å². The zero-order chi connectivity index (χ0) is 14.7. The predicted molar refractivity (Wildman–Crippen MR) is 89.2 cm³/mol. The molecule has 2 rings (SSSR count). The molecule has 0 spiro atoms. The number of ether oxygens (including phenoxy) is 1. The van der Waals surface area contributed by atoms with Gasteiger partial charge in [0.15, 0.2) is 0 Å². The Labute approximate surface area is 137 Å². The van der Waals surface area contributed by atoms with Gasteiger partial charge in [0.1, 0.15) is 5.75 Å². The highest BCUT2D eigenvalue weighted by atomic mass is 79.9. The lowest BCUT2D eigenvalue weighted by atomic mass is 10.1. The van der Waals surface area contributed by atoms with Crippen LogP contribution in [0.15, 0.2) is 40.9 Å². The summed E-state index contributed by atoms with van der Waals surface area (Å²) in [5.41, 5.74) is 1.96. The van der Waals surface area contributed by atoms with Gasteiger partial charge >= 0.3 is 0 Å². The molecule has 5 heteroatoms. The summed E-state index contributed by atoms with van der Waals surface area (Å²) in [5.74, 6) is 0.644. The molecule has 0 amide bonds. The van der Waals surface area contributed by atoms with Crippen molar-refractivity contribution in [3.05, 3.63) is 56.5 Å². The van der Waals surface area contributed by atoms with Crippen LogP contribution in [0.2, 0.25) is 10.0 Å². The van der Waals surface area contributed by atoms with Gasteiger partial charge in [-0.15, -0.1) is 0 Å². The maximum absolute atomic E-state index is 6.26. The maximum atomic E-state index is 6.26. The second kappa shape index (κ2) is 6.70. The summed E-state index contributed by atoms with van der Waals surface area (Å²) in [7, 11) is 1.60. The van der Waals surface area contributed by atoms with Crippen molar-refractivity contribution in [3.63, 3.8) is 0 Å². The van der Waals surface area contributed by atoms with Crippen LogP contribution in [0.1, 0.15) is 18.5 Å². The Morgan fingerprint density at radius 3 is 2.50 bits per heavy atom. The lowest BCUT2D eigenvalue weighted by Crippen LogP contribution is -2.07. The van der Waals surface area contributed by atoms with Gasteiger partial charge in [0.25, 0.3) is 0 Å². The summed E-state index contributed by atoms with van der Waals surface area (Å²) in [4.78, 5) is 0. The lowest BCUT2D eigenvalue weighted by Gasteiger charge is -2.18. The van der Waals surface area contributed by atoms with E-state index < -0.39 is 0 Å². The third-order valence-corrected chi connectivity index (χ3v) is 4.10. The second-order valence-corrected chi connectivity index (χ2v) is 6.11. The number of hydrogen-bond donors (Lipinski definition) is 1. The SMILES string of the molecule is COc1cc(NC(C)c2ccc(Br)cc2Cl)ccc1Cl. The molecule has 20 heavy (non-hydrogen) atoms. The fourth-order valence-electron chi connectivity index (χ4n) is 1.93. The second-order valence-electron chi connectivity index (χ2n) is 4.38. The van der Waals surface area contributed by atoms with Crippen LogP contribution in [-0.2, 0) is 0 Å². The zero-order valence-corrected chi connectivity index (χ0v) is 14.2. The van der Waals surface area contributed by atoms with Gasteiger partial charge in [-0.2, -0.15) is 0 Å². The topological polar surface area (TPSA) is 21.3 Å². The summed E-state index contributed by atoms with van der Waals surface area (Å²) < 4.78 is 6.17. The molecule has 2 aromatic carbocycles. The normalized spacial score (nSPS) is 12.1. The molecule has 0 aliphatic carbocycles. The average Bonchev–Trinajstić information content (AvgIpc) is 2.40. The van der Waals surface area contributed by atoms with Crippen molar-refractivity contribution in [2.45, 2.75) is 13.0 Å². The van der Waals surface area contributed by atoms with Crippen LogP contribution in [0.25, 0.3) is 0 Å². The van der Waals surface area contributed by atoms with Crippen molar-refractivity contribution in [1.82, 2.24) is 0 Å². The van der Waals surface area contributed by atoms with Gasteiger partial charge < -0.3 is 10.1 Å². The van der Waals surface area contributed by atoms with Crippen molar-refractivity contribution in [3.8, 4) is 5.75 Å². The first kappa shape index (κ1) is 15.5. The smallest absolute Gasteiger partial charge is 0.139 e. The molecule has 0 aliphatic heterocycles. The predicted octanol–water partition coefficient (Wildman–Crippen LogP) is 5.94. The number of nitrogens with one attached hydrogen (secondary N) is 1. The summed E-state index contributed by atoms with van der Waals surface area (Å²) in [6, 6.07) is 11.5. The molecule has 0 aliphatic rings. The average molecular weight is 375 g/mol. The fourth-order valence-corrected chi connectivity index (χ4v) is 2.96. The van der Waals surface area contributed by atoms with Crippen LogP contribution < -0.4 is 10.1 Å². The first-order valence-electron chi connectivity index (χ1n) is 6.06. The number of rotatable bonds is 4. The zero-order valence-electron chi connectivity index (χ0n) is 11.1. The van der Waals surface area contributed by atoms with Gasteiger partial charge in [0, 0.05) is 27.3 Å². The fraction of sp³-hybridized carbons (Fsp3) is 0.200. The van der Waals surface area contributed by atoms with Gasteiger partial charge in [-0.1, -0.05) is 45.2 Å². The van der Waals surface area contributed by atoms with Crippen LogP contribution in [0.5, 0.6) is 5.75 Å². The molecular weight excluding hydrogens is 361 g/mol. The first-order valence-corrected chi connectivity index (χ1v) is 7.61. The Hall–Kier alpha value is -0.900. The highest BCUT2D eigenvalue weighted by molar-refractivity contribution is 9.10. The molecule has 0 saturated heterocycles. The standard InChI is InChI=1S/C15H14BrCl2NO/c1-9(12-5-3-10(16)7-14(12)18)19-11-4-6-13(17)15(8-11)20-2/h3-9,19H,1-2H3. The Kier molecular flexibility index (Phi) is 5.19.